The summed E-state index contributed by atoms with van der Waals surface area (Å²) in [4.78, 5) is 2.35. The summed E-state index contributed by atoms with van der Waals surface area (Å²) < 4.78 is 8.82. The van der Waals surface area contributed by atoms with E-state index in [1.807, 2.05) is 12.1 Å². The van der Waals surface area contributed by atoms with E-state index < -0.39 is 0 Å². The molecule has 2 heterocycles. The normalized spacial score (nSPS) is 11.5. The second kappa shape index (κ2) is 16.9. The van der Waals surface area contributed by atoms with Crippen LogP contribution in [0.5, 0.6) is 0 Å². The summed E-state index contributed by atoms with van der Waals surface area (Å²) >= 11 is 0. The standard InChI is InChI=1S/C66H44N2O/c1-2-14-45(15-3-1)49-16-10-17-50(42-49)46-30-36-54(37-31-46)67(55-38-32-47(33-39-55)51-18-11-20-53(43-51)58-25-13-26-62-61-24-6-9-29-65(61)69-66(58)62)56-40-34-48(35-41-56)52-19-12-21-57(44-52)68-63-27-7-4-22-59(63)60-23-5-8-28-64(60)68/h1-44H. The summed E-state index contributed by atoms with van der Waals surface area (Å²) in [6.45, 7) is 0. The van der Waals surface area contributed by atoms with E-state index >= 15 is 0 Å². The number of hydrogen-bond donors (Lipinski definition) is 0. The Hall–Kier alpha value is -9.18. The van der Waals surface area contributed by atoms with Crippen molar-refractivity contribution >= 4 is 60.8 Å². The predicted octanol–water partition coefficient (Wildman–Crippen LogP) is 18.5. The van der Waals surface area contributed by atoms with Gasteiger partial charge in [-0.25, -0.2) is 0 Å². The zero-order valence-electron chi connectivity index (χ0n) is 37.7. The van der Waals surface area contributed by atoms with Crippen LogP contribution in [0.3, 0.4) is 0 Å². The van der Waals surface area contributed by atoms with E-state index in [4.69, 9.17) is 4.42 Å². The molecule has 13 aromatic rings. The quantitative estimate of drug-likeness (QED) is 0.144. The van der Waals surface area contributed by atoms with Gasteiger partial charge < -0.3 is 13.9 Å². The molecule has 0 saturated heterocycles. The van der Waals surface area contributed by atoms with Crippen molar-refractivity contribution < 1.29 is 4.42 Å². The summed E-state index contributed by atoms with van der Waals surface area (Å²) in [7, 11) is 0. The van der Waals surface area contributed by atoms with Crippen LogP contribution in [0.2, 0.25) is 0 Å². The van der Waals surface area contributed by atoms with Crippen molar-refractivity contribution in [2.45, 2.75) is 0 Å². The molecule has 2 aromatic heterocycles. The Balaban J connectivity index is 0.858. The molecule has 0 saturated carbocycles. The molecule has 324 valence electrons. The van der Waals surface area contributed by atoms with Crippen LogP contribution in [0, 0.1) is 0 Å². The lowest BCUT2D eigenvalue weighted by Gasteiger charge is -2.26. The molecule has 0 radical (unpaired) electrons. The van der Waals surface area contributed by atoms with Crippen LogP contribution in [0.4, 0.5) is 17.1 Å². The first kappa shape index (κ1) is 40.1. The lowest BCUT2D eigenvalue weighted by Crippen LogP contribution is -2.09. The van der Waals surface area contributed by atoms with Crippen molar-refractivity contribution in [1.29, 1.82) is 0 Å². The largest absolute Gasteiger partial charge is 0.455 e. The molecule has 69 heavy (non-hydrogen) atoms. The van der Waals surface area contributed by atoms with Crippen molar-refractivity contribution in [1.82, 2.24) is 4.57 Å². The minimum absolute atomic E-state index is 0.905. The summed E-state index contributed by atoms with van der Waals surface area (Å²) in [5, 5.41) is 4.79. The van der Waals surface area contributed by atoms with E-state index in [0.717, 1.165) is 78.1 Å². The Morgan fingerprint density at radius 1 is 0.275 bits per heavy atom. The van der Waals surface area contributed by atoms with Gasteiger partial charge in [0.25, 0.3) is 0 Å². The molecular weight excluding hydrogens is 837 g/mol. The maximum atomic E-state index is 6.44. The van der Waals surface area contributed by atoms with Gasteiger partial charge in [-0.15, -0.1) is 0 Å². The molecule has 0 bridgehead atoms. The lowest BCUT2D eigenvalue weighted by molar-refractivity contribution is 0.670. The molecule has 0 aliphatic heterocycles. The number of aromatic nitrogens is 1. The van der Waals surface area contributed by atoms with Crippen LogP contribution in [-0.2, 0) is 0 Å². The van der Waals surface area contributed by atoms with Crippen LogP contribution >= 0.6 is 0 Å². The highest BCUT2D eigenvalue weighted by atomic mass is 16.3. The van der Waals surface area contributed by atoms with Crippen LogP contribution in [-0.4, -0.2) is 4.57 Å². The second-order valence-corrected chi connectivity index (χ2v) is 17.7. The average Bonchev–Trinajstić information content (AvgIpc) is 3.98. The number of fused-ring (bicyclic) bond motifs is 6. The van der Waals surface area contributed by atoms with Crippen LogP contribution in [0.15, 0.2) is 271 Å². The molecule has 3 heteroatoms. The van der Waals surface area contributed by atoms with Crippen molar-refractivity contribution in [3.05, 3.63) is 267 Å². The van der Waals surface area contributed by atoms with Crippen molar-refractivity contribution in [3.8, 4) is 61.3 Å². The molecular formula is C66H44N2O. The van der Waals surface area contributed by atoms with Crippen molar-refractivity contribution in [2.75, 3.05) is 4.90 Å². The average molecular weight is 881 g/mol. The molecule has 0 N–H and O–H groups in total. The predicted molar refractivity (Wildman–Crippen MR) is 290 cm³/mol. The minimum atomic E-state index is 0.905. The smallest absolute Gasteiger partial charge is 0.143 e. The highest BCUT2D eigenvalue weighted by Gasteiger charge is 2.17. The van der Waals surface area contributed by atoms with Gasteiger partial charge in [0.1, 0.15) is 11.2 Å². The highest BCUT2D eigenvalue weighted by molar-refractivity contribution is 6.10. The van der Waals surface area contributed by atoms with E-state index in [-0.39, 0.29) is 0 Å². The number of nitrogens with zero attached hydrogens (tertiary/aromatic N) is 2. The number of furan rings is 1. The summed E-state index contributed by atoms with van der Waals surface area (Å²) in [6, 6.07) is 96.0. The molecule has 11 aromatic carbocycles. The maximum Gasteiger partial charge on any atom is 0.143 e. The number of hydrogen-bond acceptors (Lipinski definition) is 2. The first-order valence-corrected chi connectivity index (χ1v) is 23.6. The Morgan fingerprint density at radius 2 is 0.681 bits per heavy atom. The molecule has 3 nitrogen and oxygen atoms in total. The van der Waals surface area contributed by atoms with E-state index in [1.54, 1.807) is 0 Å². The third kappa shape index (κ3) is 7.25. The van der Waals surface area contributed by atoms with E-state index in [9.17, 15) is 0 Å². The zero-order valence-corrected chi connectivity index (χ0v) is 37.7. The molecule has 0 amide bonds. The van der Waals surface area contributed by atoms with Gasteiger partial charge in [-0.3, -0.25) is 0 Å². The first-order chi connectivity index (χ1) is 34.2. The van der Waals surface area contributed by atoms with Gasteiger partial charge in [0.2, 0.25) is 0 Å². The van der Waals surface area contributed by atoms with E-state index in [1.165, 1.54) is 44.1 Å². The van der Waals surface area contributed by atoms with Crippen LogP contribution in [0.1, 0.15) is 0 Å². The number of para-hydroxylation sites is 4. The maximum absolute atomic E-state index is 6.44. The molecule has 0 aliphatic carbocycles. The monoisotopic (exact) mass is 880 g/mol. The molecule has 0 unspecified atom stereocenters. The van der Waals surface area contributed by atoms with Crippen LogP contribution < -0.4 is 4.90 Å². The third-order valence-electron chi connectivity index (χ3n) is 13.6. The summed E-state index contributed by atoms with van der Waals surface area (Å²) in [5.74, 6) is 0. The number of rotatable bonds is 9. The Bertz CT molecular complexity index is 3940. The van der Waals surface area contributed by atoms with Gasteiger partial charge in [-0.2, -0.15) is 0 Å². The highest BCUT2D eigenvalue weighted by Crippen LogP contribution is 2.41. The lowest BCUT2D eigenvalue weighted by atomic mass is 9.97. The Kier molecular flexibility index (Phi) is 9.84. The van der Waals surface area contributed by atoms with E-state index in [0.29, 0.717) is 0 Å². The number of anilines is 3. The van der Waals surface area contributed by atoms with Gasteiger partial charge >= 0.3 is 0 Å². The SMILES string of the molecule is c1ccc(-c2cccc(-c3ccc(N(c4ccc(-c5cccc(-c6cccc7c6oc6ccccc67)c5)cc4)c4ccc(-c5cccc(-n6c7ccccc7c7ccccc76)c5)cc4)cc3)c2)cc1. The van der Waals surface area contributed by atoms with Crippen molar-refractivity contribution in [2.24, 2.45) is 0 Å². The zero-order chi connectivity index (χ0) is 45.7. The Labute approximate surface area is 401 Å². The topological polar surface area (TPSA) is 21.3 Å². The molecule has 0 spiro atoms. The minimum Gasteiger partial charge on any atom is -0.455 e. The van der Waals surface area contributed by atoms with Gasteiger partial charge in [0.05, 0.1) is 11.0 Å². The first-order valence-electron chi connectivity index (χ1n) is 23.6. The number of benzene rings is 11. The van der Waals surface area contributed by atoms with Crippen molar-refractivity contribution in [3.63, 3.8) is 0 Å². The fourth-order valence-corrected chi connectivity index (χ4v) is 10.2. The van der Waals surface area contributed by atoms with Gasteiger partial charge in [-0.1, -0.05) is 188 Å². The van der Waals surface area contributed by atoms with Gasteiger partial charge in [0.15, 0.2) is 0 Å². The van der Waals surface area contributed by atoms with E-state index in [2.05, 4.69) is 264 Å². The molecule has 0 atom stereocenters. The van der Waals surface area contributed by atoms with Crippen LogP contribution in [0.25, 0.3) is 105 Å². The fourth-order valence-electron chi connectivity index (χ4n) is 10.2. The molecule has 0 fully saturated rings. The summed E-state index contributed by atoms with van der Waals surface area (Å²) in [6.07, 6.45) is 0. The third-order valence-corrected chi connectivity index (χ3v) is 13.6. The molecule has 13 rings (SSSR count). The second-order valence-electron chi connectivity index (χ2n) is 17.7. The summed E-state index contributed by atoms with van der Waals surface area (Å²) in [5.41, 5.74) is 20.2. The fraction of sp³-hybridized carbons (Fsp3) is 0. The molecule has 0 aliphatic rings. The Morgan fingerprint density at radius 3 is 1.26 bits per heavy atom. The van der Waals surface area contributed by atoms with Gasteiger partial charge in [0, 0.05) is 49.9 Å². The van der Waals surface area contributed by atoms with Gasteiger partial charge in [-0.05, 0) is 129 Å².